The lowest BCUT2D eigenvalue weighted by Crippen LogP contribution is -2.20. The minimum Gasteiger partial charge on any atom is -0.465 e. The molecule has 7 heteroatoms. The minimum atomic E-state index is -0.409. The summed E-state index contributed by atoms with van der Waals surface area (Å²) in [6.45, 7) is 5.95. The van der Waals surface area contributed by atoms with E-state index in [1.807, 2.05) is 6.92 Å². The van der Waals surface area contributed by atoms with Gasteiger partial charge in [-0.1, -0.05) is 13.8 Å². The van der Waals surface area contributed by atoms with Crippen molar-refractivity contribution in [1.29, 1.82) is 0 Å². The number of aromatic nitrogens is 1. The lowest BCUT2D eigenvalue weighted by Gasteiger charge is -2.09. The summed E-state index contributed by atoms with van der Waals surface area (Å²) in [6.07, 6.45) is 1.77. The Hall–Kier alpha value is -2.41. The molecular weight excluding hydrogens is 314 g/mol. The Morgan fingerprint density at radius 3 is 2.57 bits per heavy atom. The molecule has 1 aromatic heterocycles. The number of hydrogen-bond donors (Lipinski definition) is 2. The molecule has 2 rings (SSSR count). The first-order chi connectivity index (χ1) is 10.9. The van der Waals surface area contributed by atoms with Crippen molar-refractivity contribution in [3.8, 4) is 0 Å². The summed E-state index contributed by atoms with van der Waals surface area (Å²) in [4.78, 5) is 28.8. The Kier molecular flexibility index (Phi) is 5.33. The molecular formula is C16H19N3O3S. The Balaban J connectivity index is 2.03. The predicted octanol–water partition coefficient (Wildman–Crippen LogP) is 4.01. The third kappa shape index (κ3) is 4.29. The maximum atomic E-state index is 12.0. The number of carbonyl (C=O) groups is 2. The van der Waals surface area contributed by atoms with Gasteiger partial charge in [0.1, 0.15) is 0 Å². The Morgan fingerprint density at radius 2 is 2.00 bits per heavy atom. The first-order valence-electron chi connectivity index (χ1n) is 7.13. The fraction of sp³-hybridized carbons (Fsp3) is 0.312. The van der Waals surface area contributed by atoms with E-state index in [0.29, 0.717) is 22.3 Å². The lowest BCUT2D eigenvalue weighted by atomic mass is 10.1. The van der Waals surface area contributed by atoms with Crippen molar-refractivity contribution >= 4 is 34.2 Å². The molecule has 0 radical (unpaired) electrons. The number of amides is 2. The molecule has 2 N–H and O–H groups in total. The summed E-state index contributed by atoms with van der Waals surface area (Å²) in [6, 6.07) is 4.57. The maximum absolute atomic E-state index is 12.0. The number of rotatable bonds is 4. The predicted molar refractivity (Wildman–Crippen MR) is 91.4 cm³/mol. The molecule has 0 aliphatic rings. The van der Waals surface area contributed by atoms with Gasteiger partial charge in [0.05, 0.1) is 12.7 Å². The minimum absolute atomic E-state index is 0.372. The molecule has 0 bridgehead atoms. The van der Waals surface area contributed by atoms with Crippen molar-refractivity contribution in [3.63, 3.8) is 0 Å². The molecule has 0 spiro atoms. The zero-order valence-corrected chi connectivity index (χ0v) is 14.3. The zero-order chi connectivity index (χ0) is 17.0. The monoisotopic (exact) mass is 333 g/mol. The van der Waals surface area contributed by atoms with Gasteiger partial charge in [0.15, 0.2) is 5.13 Å². The molecule has 6 nitrogen and oxygen atoms in total. The van der Waals surface area contributed by atoms with Crippen LogP contribution in [0, 0.1) is 6.92 Å². The van der Waals surface area contributed by atoms with E-state index in [4.69, 9.17) is 0 Å². The van der Waals surface area contributed by atoms with E-state index in [1.165, 1.54) is 18.4 Å². The van der Waals surface area contributed by atoms with Crippen LogP contribution in [0.25, 0.3) is 0 Å². The fourth-order valence-corrected chi connectivity index (χ4v) is 2.72. The molecule has 0 aliphatic heterocycles. The van der Waals surface area contributed by atoms with E-state index >= 15 is 0 Å². The summed E-state index contributed by atoms with van der Waals surface area (Å²) in [5, 5.41) is 6.00. The van der Waals surface area contributed by atoms with Crippen molar-refractivity contribution < 1.29 is 14.3 Å². The topological polar surface area (TPSA) is 80.3 Å². The first-order valence-corrected chi connectivity index (χ1v) is 7.95. The number of ether oxygens (including phenoxy) is 1. The van der Waals surface area contributed by atoms with Crippen molar-refractivity contribution in [2.45, 2.75) is 26.7 Å². The van der Waals surface area contributed by atoms with Gasteiger partial charge in [-0.25, -0.2) is 14.6 Å². The van der Waals surface area contributed by atoms with Gasteiger partial charge in [-0.15, -0.1) is 11.3 Å². The molecule has 0 unspecified atom stereocenters. The highest BCUT2D eigenvalue weighted by molar-refractivity contribution is 7.15. The number of nitrogens with one attached hydrogen (secondary N) is 2. The molecule has 0 fully saturated rings. The van der Waals surface area contributed by atoms with Crippen LogP contribution >= 0.6 is 11.3 Å². The molecule has 0 saturated carbocycles. The highest BCUT2D eigenvalue weighted by Crippen LogP contribution is 2.25. The fourth-order valence-electron chi connectivity index (χ4n) is 1.91. The molecule has 0 atom stereocenters. The molecule has 2 aromatic rings. The van der Waals surface area contributed by atoms with E-state index < -0.39 is 5.97 Å². The first kappa shape index (κ1) is 17.0. The van der Waals surface area contributed by atoms with Crippen LogP contribution in [-0.4, -0.2) is 24.1 Å². The highest BCUT2D eigenvalue weighted by atomic mass is 32.1. The van der Waals surface area contributed by atoms with Gasteiger partial charge in [0.25, 0.3) is 0 Å². The number of nitrogens with zero attached hydrogens (tertiary/aromatic N) is 1. The number of benzene rings is 1. The number of thiazole rings is 1. The summed E-state index contributed by atoms with van der Waals surface area (Å²) < 4.78 is 4.67. The van der Waals surface area contributed by atoms with Gasteiger partial charge < -0.3 is 10.1 Å². The summed E-state index contributed by atoms with van der Waals surface area (Å²) in [5.41, 5.74) is 1.83. The van der Waals surface area contributed by atoms with Crippen LogP contribution < -0.4 is 10.6 Å². The van der Waals surface area contributed by atoms with Crippen molar-refractivity contribution in [2.24, 2.45) is 0 Å². The number of hydrogen-bond acceptors (Lipinski definition) is 5. The van der Waals surface area contributed by atoms with Crippen molar-refractivity contribution in [2.75, 3.05) is 17.7 Å². The number of methoxy groups -OCH3 is 1. The molecule has 1 aromatic carbocycles. The molecule has 0 saturated heterocycles. The average Bonchev–Trinajstić information content (AvgIpc) is 2.97. The molecule has 122 valence electrons. The average molecular weight is 333 g/mol. The molecule has 1 heterocycles. The summed E-state index contributed by atoms with van der Waals surface area (Å²) in [7, 11) is 1.33. The van der Waals surface area contributed by atoms with Crippen LogP contribution in [0.3, 0.4) is 0 Å². The molecule has 0 aliphatic carbocycles. The second-order valence-electron chi connectivity index (χ2n) is 5.32. The van der Waals surface area contributed by atoms with E-state index in [0.717, 1.165) is 10.4 Å². The Bertz CT molecular complexity index is 725. The Morgan fingerprint density at radius 1 is 1.26 bits per heavy atom. The van der Waals surface area contributed by atoms with Crippen LogP contribution in [0.5, 0.6) is 0 Å². The normalized spacial score (nSPS) is 10.5. The number of esters is 1. The second kappa shape index (κ2) is 7.23. The Labute approximate surface area is 138 Å². The van der Waals surface area contributed by atoms with Gasteiger partial charge in [0, 0.05) is 16.8 Å². The van der Waals surface area contributed by atoms with E-state index in [1.54, 1.807) is 24.4 Å². The standard InChI is InChI=1S/C16H19N3O3S/c1-9(2)13-8-17-16(23-13)19-15(21)18-12-6-5-11(7-10(12)3)14(20)22-4/h5-9H,1-4H3,(H2,17,18,19,21). The molecule has 2 amide bonds. The van der Waals surface area contributed by atoms with Crippen LogP contribution in [0.15, 0.2) is 24.4 Å². The molecule has 23 heavy (non-hydrogen) atoms. The largest absolute Gasteiger partial charge is 0.465 e. The number of anilines is 2. The summed E-state index contributed by atoms with van der Waals surface area (Å²) in [5.74, 6) is -0.0349. The number of aryl methyl sites for hydroxylation is 1. The number of urea groups is 1. The van der Waals surface area contributed by atoms with Crippen LogP contribution in [0.1, 0.15) is 40.6 Å². The SMILES string of the molecule is COC(=O)c1ccc(NC(=O)Nc2ncc(C(C)C)s2)c(C)c1. The smallest absolute Gasteiger partial charge is 0.337 e. The van der Waals surface area contributed by atoms with E-state index in [9.17, 15) is 9.59 Å². The van der Waals surface area contributed by atoms with Gasteiger partial charge in [0.2, 0.25) is 0 Å². The van der Waals surface area contributed by atoms with Gasteiger partial charge in [-0.2, -0.15) is 0 Å². The van der Waals surface area contributed by atoms with Crippen LogP contribution in [0.2, 0.25) is 0 Å². The van der Waals surface area contributed by atoms with Crippen molar-refractivity contribution in [3.05, 3.63) is 40.4 Å². The quantitative estimate of drug-likeness (QED) is 0.829. The van der Waals surface area contributed by atoms with Crippen molar-refractivity contribution in [1.82, 2.24) is 4.98 Å². The van der Waals surface area contributed by atoms with Gasteiger partial charge in [-0.3, -0.25) is 5.32 Å². The number of carbonyl (C=O) groups excluding carboxylic acids is 2. The van der Waals surface area contributed by atoms with Crippen LogP contribution in [0.4, 0.5) is 15.6 Å². The van der Waals surface area contributed by atoms with Gasteiger partial charge in [-0.05, 0) is 36.6 Å². The van der Waals surface area contributed by atoms with E-state index in [2.05, 4.69) is 34.2 Å². The lowest BCUT2D eigenvalue weighted by molar-refractivity contribution is 0.0600. The highest BCUT2D eigenvalue weighted by Gasteiger charge is 2.11. The second-order valence-corrected chi connectivity index (χ2v) is 6.39. The van der Waals surface area contributed by atoms with Crippen LogP contribution in [-0.2, 0) is 4.74 Å². The zero-order valence-electron chi connectivity index (χ0n) is 13.5. The maximum Gasteiger partial charge on any atom is 0.337 e. The van der Waals surface area contributed by atoms with Gasteiger partial charge >= 0.3 is 12.0 Å². The summed E-state index contributed by atoms with van der Waals surface area (Å²) >= 11 is 1.45. The van der Waals surface area contributed by atoms with E-state index in [-0.39, 0.29) is 6.03 Å². The third-order valence-corrected chi connectivity index (χ3v) is 4.42. The third-order valence-electron chi connectivity index (χ3n) is 3.21.